The van der Waals surface area contributed by atoms with E-state index < -0.39 is 0 Å². The van der Waals surface area contributed by atoms with Gasteiger partial charge in [-0.15, -0.1) is 0 Å². The van der Waals surface area contributed by atoms with Crippen LogP contribution in [-0.2, 0) is 9.53 Å². The average Bonchev–Trinajstić information content (AvgIpc) is 2.53. The van der Waals surface area contributed by atoms with Crippen molar-refractivity contribution in [1.82, 2.24) is 0 Å². The van der Waals surface area contributed by atoms with Crippen LogP contribution in [0.5, 0.6) is 0 Å². The van der Waals surface area contributed by atoms with Gasteiger partial charge in [0.05, 0.1) is 7.11 Å². The van der Waals surface area contributed by atoms with E-state index in [-0.39, 0.29) is 5.97 Å². The molecule has 0 saturated carbocycles. The molecule has 3 nitrogen and oxygen atoms in total. The predicted octanol–water partition coefficient (Wildman–Crippen LogP) is 5.36. The number of methoxy groups -OCH3 is 1. The van der Waals surface area contributed by atoms with Crippen molar-refractivity contribution in [3.05, 3.63) is 0 Å². The minimum atomic E-state index is -0.0777. The first-order valence-electron chi connectivity index (χ1n) is 9.53. The number of hydrogen-bond donors (Lipinski definition) is 1. The largest absolute Gasteiger partial charge is 0.469 e. The summed E-state index contributed by atoms with van der Waals surface area (Å²) in [6.07, 6.45) is 18.2. The maximum absolute atomic E-state index is 10.9. The molecule has 0 saturated heterocycles. The molecule has 0 aliphatic heterocycles. The molecule has 0 aliphatic rings. The molecule has 132 valence electrons. The number of ether oxygens (including phenoxy) is 1. The summed E-state index contributed by atoms with van der Waals surface area (Å²) in [5, 5.41) is 0. The Bertz CT molecular complexity index is 244. The summed E-state index contributed by atoms with van der Waals surface area (Å²) < 4.78 is 4.63. The van der Waals surface area contributed by atoms with Gasteiger partial charge in [-0.05, 0) is 19.3 Å². The van der Waals surface area contributed by atoms with Gasteiger partial charge in [0, 0.05) is 12.5 Å². The Morgan fingerprint density at radius 3 is 1.77 bits per heavy atom. The highest BCUT2D eigenvalue weighted by molar-refractivity contribution is 5.68. The van der Waals surface area contributed by atoms with Crippen LogP contribution in [0.1, 0.15) is 103 Å². The number of carbonyl (C=O) groups is 1. The molecular weight excluding hydrogens is 274 g/mol. The van der Waals surface area contributed by atoms with Crippen LogP contribution in [0.15, 0.2) is 0 Å². The Morgan fingerprint density at radius 1 is 0.818 bits per heavy atom. The minimum absolute atomic E-state index is 0.0777. The molecule has 3 heteroatoms. The molecule has 0 aromatic rings. The van der Waals surface area contributed by atoms with E-state index in [1.54, 1.807) is 0 Å². The minimum Gasteiger partial charge on any atom is -0.469 e. The van der Waals surface area contributed by atoms with Gasteiger partial charge in [0.1, 0.15) is 0 Å². The van der Waals surface area contributed by atoms with Gasteiger partial charge in [0.2, 0.25) is 0 Å². The van der Waals surface area contributed by atoms with Gasteiger partial charge in [-0.3, -0.25) is 4.79 Å². The second-order valence-electron chi connectivity index (χ2n) is 6.55. The maximum atomic E-state index is 10.9. The number of nitrogens with two attached hydrogens (primary N) is 1. The predicted molar refractivity (Wildman–Crippen MR) is 94.9 cm³/mol. The van der Waals surface area contributed by atoms with Gasteiger partial charge in [-0.25, -0.2) is 0 Å². The molecule has 0 aromatic heterocycles. The first-order valence-corrected chi connectivity index (χ1v) is 9.53. The quantitative estimate of drug-likeness (QED) is 0.308. The number of carbonyl (C=O) groups excluding carboxylic acids is 1. The lowest BCUT2D eigenvalue weighted by Gasteiger charge is -2.11. The molecule has 0 amide bonds. The molecule has 0 aromatic carbocycles. The van der Waals surface area contributed by atoms with Crippen molar-refractivity contribution < 1.29 is 9.53 Å². The van der Waals surface area contributed by atoms with Gasteiger partial charge in [0.25, 0.3) is 0 Å². The van der Waals surface area contributed by atoms with Gasteiger partial charge < -0.3 is 10.5 Å². The fourth-order valence-corrected chi connectivity index (χ4v) is 2.82. The second-order valence-corrected chi connectivity index (χ2v) is 6.55. The number of esters is 1. The molecule has 0 fully saturated rings. The molecule has 0 aliphatic carbocycles. The van der Waals surface area contributed by atoms with Crippen LogP contribution in [-0.4, -0.2) is 19.1 Å². The normalized spacial score (nSPS) is 12.3. The Balaban J connectivity index is 3.14. The smallest absolute Gasteiger partial charge is 0.305 e. The van der Waals surface area contributed by atoms with Crippen LogP contribution in [0, 0.1) is 0 Å². The van der Waals surface area contributed by atoms with Gasteiger partial charge >= 0.3 is 5.97 Å². The van der Waals surface area contributed by atoms with Crippen LogP contribution >= 0.6 is 0 Å². The topological polar surface area (TPSA) is 52.3 Å². The number of hydrogen-bond acceptors (Lipinski definition) is 3. The van der Waals surface area contributed by atoms with E-state index in [1.165, 1.54) is 84.2 Å². The molecule has 22 heavy (non-hydrogen) atoms. The van der Waals surface area contributed by atoms with E-state index >= 15 is 0 Å². The zero-order chi connectivity index (χ0) is 16.5. The lowest BCUT2D eigenvalue weighted by atomic mass is 10.0. The molecule has 1 unspecified atom stereocenters. The van der Waals surface area contributed by atoms with E-state index in [2.05, 4.69) is 11.7 Å². The Labute approximate surface area is 138 Å². The fourth-order valence-electron chi connectivity index (χ4n) is 2.82. The van der Waals surface area contributed by atoms with Crippen LogP contribution in [0.4, 0.5) is 0 Å². The van der Waals surface area contributed by atoms with Gasteiger partial charge in [-0.2, -0.15) is 0 Å². The molecule has 0 radical (unpaired) electrons. The summed E-state index contributed by atoms with van der Waals surface area (Å²) in [6.45, 7) is 2.25. The van der Waals surface area contributed by atoms with Gasteiger partial charge in [-0.1, -0.05) is 77.6 Å². The lowest BCUT2D eigenvalue weighted by molar-refractivity contribution is -0.140. The molecule has 0 bridgehead atoms. The number of rotatable bonds is 16. The third-order valence-corrected chi connectivity index (χ3v) is 4.36. The Morgan fingerprint density at radius 2 is 1.27 bits per heavy atom. The van der Waals surface area contributed by atoms with E-state index in [9.17, 15) is 4.79 Å². The van der Waals surface area contributed by atoms with Crippen LogP contribution < -0.4 is 5.73 Å². The van der Waals surface area contributed by atoms with Crippen molar-refractivity contribution in [2.75, 3.05) is 7.11 Å². The molecule has 0 rings (SSSR count). The third-order valence-electron chi connectivity index (χ3n) is 4.36. The second kappa shape index (κ2) is 16.8. The van der Waals surface area contributed by atoms with Gasteiger partial charge in [0.15, 0.2) is 0 Å². The van der Waals surface area contributed by atoms with Crippen molar-refractivity contribution in [3.8, 4) is 0 Å². The van der Waals surface area contributed by atoms with Crippen molar-refractivity contribution in [2.24, 2.45) is 5.73 Å². The summed E-state index contributed by atoms with van der Waals surface area (Å²) in [4.78, 5) is 10.9. The highest BCUT2D eigenvalue weighted by Crippen LogP contribution is 2.13. The highest BCUT2D eigenvalue weighted by atomic mass is 16.5. The van der Waals surface area contributed by atoms with E-state index in [4.69, 9.17) is 5.73 Å². The zero-order valence-corrected chi connectivity index (χ0v) is 15.1. The van der Waals surface area contributed by atoms with E-state index in [0.717, 1.165) is 12.8 Å². The standard InChI is InChI=1S/C19H39NO2/c1-3-4-5-12-15-18(20)16-13-10-8-6-7-9-11-14-17-19(21)22-2/h18H,3-17,20H2,1-2H3. The Hall–Kier alpha value is -0.570. The molecule has 0 spiro atoms. The summed E-state index contributed by atoms with van der Waals surface area (Å²) in [5.41, 5.74) is 6.15. The third kappa shape index (κ3) is 15.8. The SMILES string of the molecule is CCCCCCC(N)CCCCCCCCCCC(=O)OC. The first kappa shape index (κ1) is 21.4. The fraction of sp³-hybridized carbons (Fsp3) is 0.947. The van der Waals surface area contributed by atoms with Crippen molar-refractivity contribution in [2.45, 2.75) is 109 Å². The van der Waals surface area contributed by atoms with E-state index in [0.29, 0.717) is 12.5 Å². The first-order chi connectivity index (χ1) is 10.7. The van der Waals surface area contributed by atoms with Crippen LogP contribution in [0.3, 0.4) is 0 Å². The summed E-state index contributed by atoms with van der Waals surface area (Å²) in [6, 6.07) is 0.426. The number of unbranched alkanes of at least 4 members (excludes halogenated alkanes) is 10. The summed E-state index contributed by atoms with van der Waals surface area (Å²) >= 11 is 0. The average molecular weight is 314 g/mol. The molecular formula is C19H39NO2. The summed E-state index contributed by atoms with van der Waals surface area (Å²) in [7, 11) is 1.46. The monoisotopic (exact) mass is 313 g/mol. The van der Waals surface area contributed by atoms with Crippen molar-refractivity contribution in [1.29, 1.82) is 0 Å². The molecule has 1 atom stereocenters. The lowest BCUT2D eigenvalue weighted by Crippen LogP contribution is -2.19. The van der Waals surface area contributed by atoms with Crippen molar-refractivity contribution >= 4 is 5.97 Å². The molecule has 2 N–H and O–H groups in total. The Kier molecular flexibility index (Phi) is 16.4. The summed E-state index contributed by atoms with van der Waals surface area (Å²) in [5.74, 6) is -0.0777. The van der Waals surface area contributed by atoms with E-state index in [1.807, 2.05) is 0 Å². The highest BCUT2D eigenvalue weighted by Gasteiger charge is 2.02. The van der Waals surface area contributed by atoms with Crippen LogP contribution in [0.2, 0.25) is 0 Å². The zero-order valence-electron chi connectivity index (χ0n) is 15.1. The maximum Gasteiger partial charge on any atom is 0.305 e. The van der Waals surface area contributed by atoms with Crippen molar-refractivity contribution in [3.63, 3.8) is 0 Å². The molecule has 0 heterocycles. The van der Waals surface area contributed by atoms with Crippen LogP contribution in [0.25, 0.3) is 0 Å².